The van der Waals surface area contributed by atoms with Crippen LogP contribution >= 0.6 is 11.3 Å². The summed E-state index contributed by atoms with van der Waals surface area (Å²) in [5.41, 5.74) is 6.04. The average molecular weight is 338 g/mol. The zero-order chi connectivity index (χ0) is 16.4. The van der Waals surface area contributed by atoms with Gasteiger partial charge in [0.1, 0.15) is 0 Å². The normalized spacial score (nSPS) is 13.1. The number of benzene rings is 1. The Morgan fingerprint density at radius 2 is 2.21 bits per heavy atom. The first-order chi connectivity index (χ1) is 11.8. The number of hydrogen-bond donors (Lipinski definition) is 3. The number of anilines is 1. The molecule has 0 radical (unpaired) electrons. The molecule has 0 bridgehead atoms. The van der Waals surface area contributed by atoms with E-state index in [2.05, 4.69) is 38.3 Å². The molecule has 1 aliphatic heterocycles. The molecule has 3 aromatic rings. The highest BCUT2D eigenvalue weighted by molar-refractivity contribution is 7.09. The molecule has 1 amide bonds. The van der Waals surface area contributed by atoms with E-state index in [9.17, 15) is 4.79 Å². The topological polar surface area (TPSA) is 69.3 Å². The van der Waals surface area contributed by atoms with Gasteiger partial charge in [0, 0.05) is 39.8 Å². The van der Waals surface area contributed by atoms with Crippen molar-refractivity contribution in [2.24, 2.45) is 5.10 Å². The molecule has 0 atom stereocenters. The van der Waals surface area contributed by atoms with Gasteiger partial charge in [0.05, 0.1) is 11.8 Å². The number of nitrogens with one attached hydrogen (secondary N) is 3. The van der Waals surface area contributed by atoms with Gasteiger partial charge in [0.2, 0.25) is 0 Å². The number of rotatable bonds is 6. The van der Waals surface area contributed by atoms with Crippen LogP contribution < -0.4 is 10.7 Å². The van der Waals surface area contributed by atoms with Crippen LogP contribution in [0.5, 0.6) is 0 Å². The predicted octanol–water partition coefficient (Wildman–Crippen LogP) is 3.74. The molecule has 3 N–H and O–H groups in total. The number of unbranched alkanes of at least 4 members (excludes halogenated alkanes) is 1. The van der Waals surface area contributed by atoms with Crippen LogP contribution in [0.1, 0.15) is 33.6 Å². The third-order valence-corrected chi connectivity index (χ3v) is 5.12. The third-order valence-electron chi connectivity index (χ3n) is 4.18. The third kappa shape index (κ3) is 2.92. The second-order valence-corrected chi connectivity index (χ2v) is 6.89. The molecule has 0 saturated heterocycles. The summed E-state index contributed by atoms with van der Waals surface area (Å²) in [6, 6.07) is 8.24. The number of aryl methyl sites for hydroxylation is 1. The summed E-state index contributed by atoms with van der Waals surface area (Å²) >= 11 is 1.81. The molecule has 5 nitrogen and oxygen atoms in total. The molecule has 1 aromatic carbocycles. The highest BCUT2D eigenvalue weighted by atomic mass is 32.1. The standard InChI is InChI=1S/C18H18N4OS/c23-18-15-8-13(19-6-2-1-4-14-5-3-7-24-14)9-16-17(15)12(10-20-16)11-21-22-18/h3,5,7-11,19-20H,1-2,4,6H2,(H,22,23). The number of hydrazone groups is 1. The highest BCUT2D eigenvalue weighted by Crippen LogP contribution is 2.27. The van der Waals surface area contributed by atoms with E-state index in [-0.39, 0.29) is 5.91 Å². The number of thiophene rings is 1. The molecule has 3 heterocycles. The van der Waals surface area contributed by atoms with E-state index in [1.54, 1.807) is 6.21 Å². The van der Waals surface area contributed by atoms with Gasteiger partial charge in [-0.15, -0.1) is 11.3 Å². The molecule has 1 aliphatic rings. The first kappa shape index (κ1) is 15.0. The summed E-state index contributed by atoms with van der Waals surface area (Å²) in [5, 5.41) is 10.4. The summed E-state index contributed by atoms with van der Waals surface area (Å²) in [5.74, 6) is -0.170. The van der Waals surface area contributed by atoms with Crippen LogP contribution in [0.3, 0.4) is 0 Å². The van der Waals surface area contributed by atoms with Gasteiger partial charge in [-0.25, -0.2) is 5.43 Å². The van der Waals surface area contributed by atoms with Crippen molar-refractivity contribution in [1.82, 2.24) is 10.4 Å². The summed E-state index contributed by atoms with van der Waals surface area (Å²) in [6.07, 6.45) is 6.93. The molecule has 24 heavy (non-hydrogen) atoms. The molecule has 6 heteroatoms. The Balaban J connectivity index is 1.43. The maximum absolute atomic E-state index is 12.2. The summed E-state index contributed by atoms with van der Waals surface area (Å²) in [4.78, 5) is 16.8. The van der Waals surface area contributed by atoms with Crippen molar-refractivity contribution in [3.8, 4) is 0 Å². The van der Waals surface area contributed by atoms with Gasteiger partial charge in [0.25, 0.3) is 5.91 Å². The maximum Gasteiger partial charge on any atom is 0.272 e. The van der Waals surface area contributed by atoms with Crippen molar-refractivity contribution < 1.29 is 4.79 Å². The smallest absolute Gasteiger partial charge is 0.272 e. The minimum Gasteiger partial charge on any atom is -0.385 e. The SMILES string of the molecule is O=C1NN=Cc2c[nH]c3cc(NCCCCc4cccs4)cc1c23. The van der Waals surface area contributed by atoms with E-state index >= 15 is 0 Å². The lowest BCUT2D eigenvalue weighted by Gasteiger charge is -2.09. The fourth-order valence-electron chi connectivity index (χ4n) is 3.01. The number of aromatic nitrogens is 1. The average Bonchev–Trinajstić information content (AvgIpc) is 3.20. The highest BCUT2D eigenvalue weighted by Gasteiger charge is 2.17. The molecule has 0 unspecified atom stereocenters. The number of nitrogens with zero attached hydrogens (tertiary/aromatic N) is 1. The van der Waals surface area contributed by atoms with Crippen LogP contribution in [0.4, 0.5) is 5.69 Å². The molecule has 0 aliphatic carbocycles. The van der Waals surface area contributed by atoms with Crippen molar-refractivity contribution in [2.75, 3.05) is 11.9 Å². The monoisotopic (exact) mass is 338 g/mol. The molecule has 0 saturated carbocycles. The Kier molecular flexibility index (Phi) is 4.04. The maximum atomic E-state index is 12.2. The van der Waals surface area contributed by atoms with Crippen LogP contribution in [-0.2, 0) is 6.42 Å². The second kappa shape index (κ2) is 6.49. The number of carbonyl (C=O) groups is 1. The molecule has 2 aromatic heterocycles. The lowest BCUT2D eigenvalue weighted by atomic mass is 10.1. The first-order valence-electron chi connectivity index (χ1n) is 8.06. The molecule has 0 spiro atoms. The van der Waals surface area contributed by atoms with Crippen molar-refractivity contribution >= 4 is 40.0 Å². The van der Waals surface area contributed by atoms with E-state index in [1.165, 1.54) is 4.88 Å². The van der Waals surface area contributed by atoms with Crippen LogP contribution in [0.15, 0.2) is 40.9 Å². The van der Waals surface area contributed by atoms with Crippen molar-refractivity contribution in [3.63, 3.8) is 0 Å². The minimum absolute atomic E-state index is 0.170. The summed E-state index contributed by atoms with van der Waals surface area (Å²) < 4.78 is 0. The van der Waals surface area contributed by atoms with Gasteiger partial charge in [-0.1, -0.05) is 6.07 Å². The van der Waals surface area contributed by atoms with Crippen molar-refractivity contribution in [2.45, 2.75) is 19.3 Å². The van der Waals surface area contributed by atoms with Gasteiger partial charge in [0.15, 0.2) is 0 Å². The van der Waals surface area contributed by atoms with Crippen LogP contribution in [0.2, 0.25) is 0 Å². The number of aromatic amines is 1. The number of hydrogen-bond acceptors (Lipinski definition) is 4. The number of carbonyl (C=O) groups excluding carboxylic acids is 1. The Morgan fingerprint density at radius 1 is 1.25 bits per heavy atom. The van der Waals surface area contributed by atoms with Crippen LogP contribution in [0, 0.1) is 0 Å². The van der Waals surface area contributed by atoms with Gasteiger partial charge in [-0.2, -0.15) is 5.10 Å². The van der Waals surface area contributed by atoms with Crippen molar-refractivity contribution in [1.29, 1.82) is 0 Å². The minimum atomic E-state index is -0.170. The molecule has 122 valence electrons. The molecular formula is C18H18N4OS. The Labute approximate surface area is 143 Å². The molecule has 0 fully saturated rings. The number of amides is 1. The van der Waals surface area contributed by atoms with Gasteiger partial charge in [-0.3, -0.25) is 4.79 Å². The summed E-state index contributed by atoms with van der Waals surface area (Å²) in [6.45, 7) is 0.891. The van der Waals surface area contributed by atoms with E-state index in [4.69, 9.17) is 0 Å². The zero-order valence-corrected chi connectivity index (χ0v) is 14.0. The Morgan fingerprint density at radius 3 is 3.08 bits per heavy atom. The van der Waals surface area contributed by atoms with E-state index in [0.717, 1.165) is 48.0 Å². The first-order valence-corrected chi connectivity index (χ1v) is 8.94. The van der Waals surface area contributed by atoms with E-state index in [0.29, 0.717) is 5.56 Å². The van der Waals surface area contributed by atoms with Gasteiger partial charge < -0.3 is 10.3 Å². The van der Waals surface area contributed by atoms with Gasteiger partial charge in [-0.05, 0) is 42.8 Å². The van der Waals surface area contributed by atoms with E-state index < -0.39 is 0 Å². The lowest BCUT2D eigenvalue weighted by molar-refractivity contribution is 0.0957. The molecular weight excluding hydrogens is 320 g/mol. The zero-order valence-electron chi connectivity index (χ0n) is 13.1. The van der Waals surface area contributed by atoms with Crippen LogP contribution in [-0.4, -0.2) is 23.7 Å². The lowest BCUT2D eigenvalue weighted by Crippen LogP contribution is -2.16. The van der Waals surface area contributed by atoms with Gasteiger partial charge >= 0.3 is 0 Å². The van der Waals surface area contributed by atoms with E-state index in [1.807, 2.05) is 29.7 Å². The van der Waals surface area contributed by atoms with Crippen molar-refractivity contribution in [3.05, 3.63) is 51.8 Å². The summed E-state index contributed by atoms with van der Waals surface area (Å²) in [7, 11) is 0. The molecule has 4 rings (SSSR count). The number of H-pyrrole nitrogens is 1. The largest absolute Gasteiger partial charge is 0.385 e. The fraction of sp³-hybridized carbons (Fsp3) is 0.222. The van der Waals surface area contributed by atoms with Crippen LogP contribution in [0.25, 0.3) is 10.9 Å². The Hall–Kier alpha value is -2.60. The quantitative estimate of drug-likeness (QED) is 0.599. The second-order valence-electron chi connectivity index (χ2n) is 5.85. The Bertz CT molecular complexity index is 895. The predicted molar refractivity (Wildman–Crippen MR) is 99.1 cm³/mol. The fourth-order valence-corrected chi connectivity index (χ4v) is 3.76.